The monoisotopic (exact) mass is 245 g/mol. The summed E-state index contributed by atoms with van der Waals surface area (Å²) in [6.45, 7) is 5.17. The lowest BCUT2D eigenvalue weighted by molar-refractivity contribution is 0.341. The molecule has 0 unspecified atom stereocenters. The highest BCUT2D eigenvalue weighted by atomic mass is 16.5. The van der Waals surface area contributed by atoms with Gasteiger partial charge in [-0.05, 0) is 32.0 Å². The van der Waals surface area contributed by atoms with Gasteiger partial charge >= 0.3 is 0 Å². The summed E-state index contributed by atoms with van der Waals surface area (Å²) in [5, 5.41) is 4.49. The Labute approximate surface area is 107 Å². The smallest absolute Gasteiger partial charge is 0.128 e. The zero-order chi connectivity index (χ0) is 13.1. The molecule has 1 heterocycles. The van der Waals surface area contributed by atoms with Crippen LogP contribution < -0.4 is 10.5 Å². The van der Waals surface area contributed by atoms with Gasteiger partial charge < -0.3 is 10.5 Å². The molecule has 0 radical (unpaired) electrons. The number of ether oxygens (including phenoxy) is 1. The second-order valence-corrected chi connectivity index (χ2v) is 4.28. The summed E-state index contributed by atoms with van der Waals surface area (Å²) in [5.41, 5.74) is 9.80. The number of rotatable bonds is 4. The molecule has 96 valence electrons. The van der Waals surface area contributed by atoms with Gasteiger partial charge in [0.25, 0.3) is 0 Å². The first-order valence-corrected chi connectivity index (χ1v) is 6.12. The van der Waals surface area contributed by atoms with Gasteiger partial charge in [-0.15, -0.1) is 0 Å². The average molecular weight is 245 g/mol. The summed E-state index contributed by atoms with van der Waals surface area (Å²) in [5.74, 6) is 0.866. The van der Waals surface area contributed by atoms with Crippen LogP contribution in [0.2, 0.25) is 0 Å². The van der Waals surface area contributed by atoms with Crippen LogP contribution in [0, 0.1) is 6.92 Å². The van der Waals surface area contributed by atoms with Crippen LogP contribution >= 0.6 is 0 Å². The van der Waals surface area contributed by atoms with Crippen molar-refractivity contribution < 1.29 is 4.74 Å². The summed E-state index contributed by atoms with van der Waals surface area (Å²) in [6, 6.07) is 8.14. The quantitative estimate of drug-likeness (QED) is 0.898. The van der Waals surface area contributed by atoms with Crippen molar-refractivity contribution in [2.45, 2.75) is 20.4 Å². The lowest BCUT2D eigenvalue weighted by Gasteiger charge is -2.09. The van der Waals surface area contributed by atoms with Crippen LogP contribution in [0.15, 0.2) is 24.3 Å². The second-order valence-electron chi connectivity index (χ2n) is 4.28. The Morgan fingerprint density at radius 2 is 2.11 bits per heavy atom. The maximum absolute atomic E-state index is 5.68. The van der Waals surface area contributed by atoms with Crippen LogP contribution in [0.4, 0.5) is 0 Å². The van der Waals surface area contributed by atoms with Gasteiger partial charge in [0.15, 0.2) is 0 Å². The van der Waals surface area contributed by atoms with E-state index in [9.17, 15) is 0 Å². The van der Waals surface area contributed by atoms with E-state index in [1.54, 1.807) is 0 Å². The van der Waals surface area contributed by atoms with E-state index in [1.165, 1.54) is 5.56 Å². The Kier molecular flexibility index (Phi) is 3.67. The van der Waals surface area contributed by atoms with Gasteiger partial charge in [-0.25, -0.2) is 0 Å². The molecular formula is C14H19N3O. The third-order valence-corrected chi connectivity index (χ3v) is 2.90. The highest BCUT2D eigenvalue weighted by Gasteiger charge is 2.11. The Bertz CT molecular complexity index is 546. The number of aromatic nitrogens is 2. The number of aryl methyl sites for hydroxylation is 2. The summed E-state index contributed by atoms with van der Waals surface area (Å²) >= 11 is 0. The van der Waals surface area contributed by atoms with E-state index in [0.29, 0.717) is 13.2 Å². The third-order valence-electron chi connectivity index (χ3n) is 2.90. The Morgan fingerprint density at radius 3 is 2.72 bits per heavy atom. The molecule has 0 bridgehead atoms. The van der Waals surface area contributed by atoms with E-state index < -0.39 is 0 Å². The van der Waals surface area contributed by atoms with Crippen LogP contribution in [0.1, 0.15) is 18.2 Å². The van der Waals surface area contributed by atoms with Crippen molar-refractivity contribution in [3.63, 3.8) is 0 Å². The van der Waals surface area contributed by atoms with Gasteiger partial charge in [0.2, 0.25) is 0 Å². The van der Waals surface area contributed by atoms with E-state index in [-0.39, 0.29) is 0 Å². The van der Waals surface area contributed by atoms with Gasteiger partial charge in [-0.3, -0.25) is 4.68 Å². The van der Waals surface area contributed by atoms with Crippen molar-refractivity contribution in [1.82, 2.24) is 9.78 Å². The van der Waals surface area contributed by atoms with Crippen LogP contribution in [-0.4, -0.2) is 16.4 Å². The summed E-state index contributed by atoms with van der Waals surface area (Å²) in [7, 11) is 1.90. The van der Waals surface area contributed by atoms with Crippen molar-refractivity contribution >= 4 is 0 Å². The van der Waals surface area contributed by atoms with Crippen molar-refractivity contribution in [3.8, 4) is 17.0 Å². The van der Waals surface area contributed by atoms with Crippen molar-refractivity contribution in [2.24, 2.45) is 12.8 Å². The number of nitrogens with zero attached hydrogens (tertiary/aromatic N) is 2. The number of hydrogen-bond acceptors (Lipinski definition) is 3. The van der Waals surface area contributed by atoms with Gasteiger partial charge in [-0.1, -0.05) is 11.6 Å². The van der Waals surface area contributed by atoms with Gasteiger partial charge in [-0.2, -0.15) is 5.10 Å². The van der Waals surface area contributed by atoms with Gasteiger partial charge in [0.05, 0.1) is 18.0 Å². The zero-order valence-corrected chi connectivity index (χ0v) is 11.1. The molecule has 0 saturated heterocycles. The minimum Gasteiger partial charge on any atom is -0.493 e. The highest BCUT2D eigenvalue weighted by Crippen LogP contribution is 2.30. The van der Waals surface area contributed by atoms with E-state index in [2.05, 4.69) is 18.1 Å². The first kappa shape index (κ1) is 12.6. The normalized spacial score (nSPS) is 10.7. The number of benzene rings is 1. The molecule has 4 nitrogen and oxygen atoms in total. The van der Waals surface area contributed by atoms with E-state index in [1.807, 2.05) is 36.9 Å². The topological polar surface area (TPSA) is 53.1 Å². The molecule has 2 aromatic rings. The molecule has 2 N–H and O–H groups in total. The molecule has 0 aliphatic carbocycles. The second kappa shape index (κ2) is 5.23. The molecule has 2 rings (SSSR count). The molecular weight excluding hydrogens is 226 g/mol. The van der Waals surface area contributed by atoms with E-state index >= 15 is 0 Å². The summed E-state index contributed by atoms with van der Waals surface area (Å²) in [6.07, 6.45) is 0. The van der Waals surface area contributed by atoms with Crippen LogP contribution in [-0.2, 0) is 13.6 Å². The minimum absolute atomic E-state index is 0.485. The summed E-state index contributed by atoms with van der Waals surface area (Å²) < 4.78 is 7.46. The molecule has 0 spiro atoms. The molecule has 18 heavy (non-hydrogen) atoms. The maximum atomic E-state index is 5.68. The van der Waals surface area contributed by atoms with Crippen molar-refractivity contribution in [3.05, 3.63) is 35.5 Å². The Morgan fingerprint density at radius 1 is 1.33 bits per heavy atom. The van der Waals surface area contributed by atoms with Crippen LogP contribution in [0.25, 0.3) is 11.3 Å². The van der Waals surface area contributed by atoms with Gasteiger partial charge in [0, 0.05) is 19.2 Å². The van der Waals surface area contributed by atoms with E-state index in [0.717, 1.165) is 22.7 Å². The standard InChI is InChI=1S/C14H19N3O/c1-4-18-14-6-5-10(2)7-12(14)13-8-11(9-15)17(3)16-13/h5-8H,4,9,15H2,1-3H3. The molecule has 0 aliphatic heterocycles. The first-order valence-electron chi connectivity index (χ1n) is 6.12. The van der Waals surface area contributed by atoms with Crippen LogP contribution in [0.3, 0.4) is 0 Å². The predicted octanol–water partition coefficient (Wildman–Crippen LogP) is 2.25. The number of nitrogens with two attached hydrogens (primary N) is 1. The SMILES string of the molecule is CCOc1ccc(C)cc1-c1cc(CN)n(C)n1. The average Bonchev–Trinajstić information content (AvgIpc) is 2.73. The van der Waals surface area contributed by atoms with Gasteiger partial charge in [0.1, 0.15) is 5.75 Å². The highest BCUT2D eigenvalue weighted by molar-refractivity contribution is 5.68. The molecule has 1 aromatic carbocycles. The lowest BCUT2D eigenvalue weighted by atomic mass is 10.1. The lowest BCUT2D eigenvalue weighted by Crippen LogP contribution is -2.03. The minimum atomic E-state index is 0.485. The van der Waals surface area contributed by atoms with Crippen molar-refractivity contribution in [2.75, 3.05) is 6.61 Å². The maximum Gasteiger partial charge on any atom is 0.128 e. The molecule has 0 saturated carbocycles. The van der Waals surface area contributed by atoms with E-state index in [4.69, 9.17) is 10.5 Å². The predicted molar refractivity (Wildman–Crippen MR) is 72.4 cm³/mol. The fourth-order valence-electron chi connectivity index (χ4n) is 1.95. The first-order chi connectivity index (χ1) is 8.65. The molecule has 1 aromatic heterocycles. The molecule has 4 heteroatoms. The Hall–Kier alpha value is -1.81. The third kappa shape index (κ3) is 2.38. The van der Waals surface area contributed by atoms with Crippen LogP contribution in [0.5, 0.6) is 5.75 Å². The molecule has 0 amide bonds. The fraction of sp³-hybridized carbons (Fsp3) is 0.357. The molecule has 0 atom stereocenters. The van der Waals surface area contributed by atoms with Crippen molar-refractivity contribution in [1.29, 1.82) is 0 Å². The zero-order valence-electron chi connectivity index (χ0n) is 11.1. The largest absolute Gasteiger partial charge is 0.493 e. The summed E-state index contributed by atoms with van der Waals surface area (Å²) in [4.78, 5) is 0. The fourth-order valence-corrected chi connectivity index (χ4v) is 1.95. The molecule has 0 aliphatic rings. The molecule has 0 fully saturated rings. The number of hydrogen-bond donors (Lipinski definition) is 1. The Balaban J connectivity index is 2.50.